The SMILES string of the molecule is COc1cc2cc(C#N)c(Nc3ccc4cccoc3-4)nc2cc1OCCCN1CCN(C(C)=O)CC1. The third kappa shape index (κ3) is 5.29. The Hall–Kier alpha value is -4.29. The van der Waals surface area contributed by atoms with Gasteiger partial charge in [0, 0.05) is 56.7 Å². The molecule has 1 aromatic heterocycles. The Labute approximate surface area is 215 Å². The highest BCUT2D eigenvalue weighted by atomic mass is 16.5. The van der Waals surface area contributed by atoms with Crippen molar-refractivity contribution in [2.45, 2.75) is 13.3 Å². The van der Waals surface area contributed by atoms with E-state index in [-0.39, 0.29) is 5.91 Å². The largest absolute Gasteiger partial charge is 0.493 e. The van der Waals surface area contributed by atoms with Crippen LogP contribution in [0.1, 0.15) is 18.9 Å². The normalized spacial score (nSPS) is 14.0. The lowest BCUT2D eigenvalue weighted by atomic mass is 10.1. The van der Waals surface area contributed by atoms with Crippen molar-refractivity contribution in [3.8, 4) is 28.9 Å². The molecule has 1 amide bonds. The summed E-state index contributed by atoms with van der Waals surface area (Å²) in [5.74, 6) is 2.48. The number of anilines is 2. The number of aromatic nitrogens is 1. The monoisotopic (exact) mass is 499 g/mol. The number of ether oxygens (including phenoxy) is 2. The van der Waals surface area contributed by atoms with E-state index in [2.05, 4.69) is 16.3 Å². The van der Waals surface area contributed by atoms with Gasteiger partial charge in [0.1, 0.15) is 11.9 Å². The molecule has 9 nitrogen and oxygen atoms in total. The van der Waals surface area contributed by atoms with Crippen LogP contribution in [0.5, 0.6) is 11.5 Å². The zero-order chi connectivity index (χ0) is 25.8. The van der Waals surface area contributed by atoms with Gasteiger partial charge in [0.2, 0.25) is 5.91 Å². The number of nitrogens with one attached hydrogen (secondary N) is 1. The van der Waals surface area contributed by atoms with Crippen molar-refractivity contribution < 1.29 is 18.7 Å². The van der Waals surface area contributed by atoms with Crippen LogP contribution in [0.15, 0.2) is 53.1 Å². The summed E-state index contributed by atoms with van der Waals surface area (Å²) in [6.07, 6.45) is 2.47. The van der Waals surface area contributed by atoms with Crippen LogP contribution in [0, 0.1) is 11.3 Å². The summed E-state index contributed by atoms with van der Waals surface area (Å²) in [7, 11) is 1.60. The highest BCUT2D eigenvalue weighted by Gasteiger charge is 2.19. The van der Waals surface area contributed by atoms with Gasteiger partial charge in [-0.1, -0.05) is 0 Å². The minimum Gasteiger partial charge on any atom is -0.493 e. The molecule has 1 aromatic carbocycles. The van der Waals surface area contributed by atoms with Crippen LogP contribution in [0.3, 0.4) is 0 Å². The Morgan fingerprint density at radius 1 is 1.16 bits per heavy atom. The molecule has 190 valence electrons. The van der Waals surface area contributed by atoms with E-state index in [1.165, 1.54) is 0 Å². The first-order valence-electron chi connectivity index (χ1n) is 12.3. The number of hydrogen-bond acceptors (Lipinski definition) is 8. The Bertz CT molecular complexity index is 1420. The molecule has 3 aliphatic rings. The van der Waals surface area contributed by atoms with Gasteiger partial charge in [-0.15, -0.1) is 0 Å². The molecule has 0 unspecified atom stereocenters. The quantitative estimate of drug-likeness (QED) is 0.354. The fourth-order valence-electron chi connectivity index (χ4n) is 4.61. The first-order chi connectivity index (χ1) is 18.1. The van der Waals surface area contributed by atoms with E-state index in [1.807, 2.05) is 41.3 Å². The third-order valence-electron chi connectivity index (χ3n) is 6.64. The van der Waals surface area contributed by atoms with E-state index in [4.69, 9.17) is 18.9 Å². The van der Waals surface area contributed by atoms with E-state index in [1.54, 1.807) is 26.4 Å². The second-order valence-corrected chi connectivity index (χ2v) is 9.01. The Morgan fingerprint density at radius 3 is 2.76 bits per heavy atom. The molecule has 1 fully saturated rings. The molecule has 0 spiro atoms. The number of carbonyl (C=O) groups excluding carboxylic acids is 1. The molecule has 0 saturated carbocycles. The number of nitriles is 1. The lowest BCUT2D eigenvalue weighted by Gasteiger charge is -2.34. The van der Waals surface area contributed by atoms with Crippen molar-refractivity contribution >= 4 is 28.3 Å². The van der Waals surface area contributed by atoms with E-state index in [9.17, 15) is 10.1 Å². The Morgan fingerprint density at radius 2 is 2.00 bits per heavy atom. The number of fused-ring (bicyclic) bond motifs is 2. The molecule has 3 heterocycles. The number of benzene rings is 1. The average Bonchev–Trinajstić information content (AvgIpc) is 3.33. The highest BCUT2D eigenvalue weighted by molar-refractivity contribution is 5.88. The number of nitrogens with zero attached hydrogens (tertiary/aromatic N) is 4. The lowest BCUT2D eigenvalue weighted by molar-refractivity contribution is -0.130. The van der Waals surface area contributed by atoms with E-state index >= 15 is 0 Å². The van der Waals surface area contributed by atoms with Crippen molar-refractivity contribution in [1.82, 2.24) is 14.8 Å². The van der Waals surface area contributed by atoms with Crippen LogP contribution in [-0.4, -0.2) is 67.1 Å². The van der Waals surface area contributed by atoms with Gasteiger partial charge in [-0.25, -0.2) is 4.98 Å². The smallest absolute Gasteiger partial charge is 0.219 e. The van der Waals surface area contributed by atoms with E-state index in [0.717, 1.165) is 55.8 Å². The summed E-state index contributed by atoms with van der Waals surface area (Å²) in [4.78, 5) is 20.5. The molecule has 5 rings (SSSR count). The van der Waals surface area contributed by atoms with Crippen LogP contribution in [-0.2, 0) is 4.79 Å². The molecule has 37 heavy (non-hydrogen) atoms. The lowest BCUT2D eigenvalue weighted by Crippen LogP contribution is -2.48. The van der Waals surface area contributed by atoms with E-state index < -0.39 is 0 Å². The number of amides is 1. The molecule has 0 bridgehead atoms. The predicted molar refractivity (Wildman–Crippen MR) is 140 cm³/mol. The number of piperazine rings is 1. The van der Waals surface area contributed by atoms with Gasteiger partial charge in [-0.2, -0.15) is 5.26 Å². The topological polar surface area (TPSA) is 104 Å². The maximum atomic E-state index is 11.5. The minimum absolute atomic E-state index is 0.137. The second-order valence-electron chi connectivity index (χ2n) is 9.01. The van der Waals surface area contributed by atoms with Crippen LogP contribution >= 0.6 is 0 Å². The summed E-state index contributed by atoms with van der Waals surface area (Å²) in [5.41, 5.74) is 2.81. The Kier molecular flexibility index (Phi) is 7.10. The van der Waals surface area contributed by atoms with Gasteiger partial charge in [0.25, 0.3) is 0 Å². The van der Waals surface area contributed by atoms with Crippen molar-refractivity contribution in [2.75, 3.05) is 51.8 Å². The predicted octanol–water partition coefficient (Wildman–Crippen LogP) is 4.49. The van der Waals surface area contributed by atoms with Crippen LogP contribution in [0.4, 0.5) is 11.5 Å². The summed E-state index contributed by atoms with van der Waals surface area (Å²) < 4.78 is 17.3. The number of carbonyl (C=O) groups is 1. The van der Waals surface area contributed by atoms with Gasteiger partial charge in [0.05, 0.1) is 36.7 Å². The zero-order valence-electron chi connectivity index (χ0n) is 21.0. The second kappa shape index (κ2) is 10.8. The standard InChI is InChI=1S/C28H29N5O4/c1-19(34)33-11-9-32(10-12-33)8-4-14-36-26-17-24-21(16-25(26)35-2)15-22(18-29)28(31-24)30-23-7-6-20-5-3-13-37-27(20)23/h3,5-7,13,15-17H,4,8-12,14H2,1-2H3,(H,30,31). The third-order valence-corrected chi connectivity index (χ3v) is 6.64. The number of hydrogen-bond donors (Lipinski definition) is 1. The van der Waals surface area contributed by atoms with E-state index in [0.29, 0.717) is 40.8 Å². The van der Waals surface area contributed by atoms with Crippen molar-refractivity contribution in [3.05, 3.63) is 54.3 Å². The number of rotatable bonds is 8. The number of methoxy groups -OCH3 is 1. The molecule has 0 radical (unpaired) electrons. The fourth-order valence-corrected chi connectivity index (χ4v) is 4.61. The molecule has 2 aliphatic heterocycles. The van der Waals surface area contributed by atoms with Crippen LogP contribution in [0.25, 0.3) is 22.2 Å². The fraction of sp³-hybridized carbons (Fsp3) is 0.321. The number of pyridine rings is 1. The summed E-state index contributed by atoms with van der Waals surface area (Å²) in [6, 6.07) is 15.4. The van der Waals surface area contributed by atoms with Gasteiger partial charge >= 0.3 is 0 Å². The van der Waals surface area contributed by atoms with Gasteiger partial charge in [-0.05, 0) is 42.8 Å². The maximum Gasteiger partial charge on any atom is 0.219 e. The molecule has 1 saturated heterocycles. The molecular formula is C28H29N5O4. The highest BCUT2D eigenvalue weighted by Crippen LogP contribution is 2.36. The maximum absolute atomic E-state index is 11.5. The van der Waals surface area contributed by atoms with Gasteiger partial charge in [-0.3, -0.25) is 9.69 Å². The molecule has 1 aliphatic carbocycles. The van der Waals surface area contributed by atoms with Crippen molar-refractivity contribution in [2.24, 2.45) is 0 Å². The summed E-state index contributed by atoms with van der Waals surface area (Å²) in [6.45, 7) is 6.35. The molecule has 0 atom stereocenters. The Balaban J connectivity index is 1.29. The zero-order valence-corrected chi connectivity index (χ0v) is 21.0. The molecule has 1 N–H and O–H groups in total. The van der Waals surface area contributed by atoms with Gasteiger partial charge in [0.15, 0.2) is 17.3 Å². The van der Waals surface area contributed by atoms with Crippen molar-refractivity contribution in [1.29, 1.82) is 5.26 Å². The average molecular weight is 500 g/mol. The molecule has 9 heteroatoms. The van der Waals surface area contributed by atoms with Crippen LogP contribution < -0.4 is 14.8 Å². The summed E-state index contributed by atoms with van der Waals surface area (Å²) in [5, 5.41) is 13.8. The van der Waals surface area contributed by atoms with Crippen molar-refractivity contribution in [3.63, 3.8) is 0 Å². The molecular weight excluding hydrogens is 470 g/mol. The van der Waals surface area contributed by atoms with Crippen LogP contribution in [0.2, 0.25) is 0 Å². The summed E-state index contributed by atoms with van der Waals surface area (Å²) >= 11 is 0. The minimum atomic E-state index is 0.137. The van der Waals surface area contributed by atoms with Gasteiger partial charge < -0.3 is 24.1 Å². The first-order valence-corrected chi connectivity index (χ1v) is 12.3. The molecule has 2 aromatic rings. The first kappa shape index (κ1) is 24.4.